The Morgan fingerprint density at radius 3 is 2.53 bits per heavy atom. The van der Waals surface area contributed by atoms with Crippen molar-refractivity contribution in [2.45, 2.75) is 24.0 Å². The lowest BCUT2D eigenvalue weighted by Crippen LogP contribution is -2.40. The molecule has 1 amide bonds. The second-order valence-corrected chi connectivity index (χ2v) is 11.1. The molecule has 0 saturated carbocycles. The van der Waals surface area contributed by atoms with E-state index in [0.717, 1.165) is 0 Å². The molecule has 2 heterocycles. The molecule has 0 aromatic heterocycles. The topological polar surface area (TPSA) is 146 Å². The maximum Gasteiger partial charge on any atom is 0.255 e. The van der Waals surface area contributed by atoms with Crippen molar-refractivity contribution in [3.8, 4) is 0 Å². The number of carbonyl (C=O) groups excluding carboxylic acids is 1. The molecule has 5 rings (SSSR count). The third-order valence-corrected chi connectivity index (χ3v) is 8.57. The summed E-state index contributed by atoms with van der Waals surface area (Å²) in [6.07, 6.45) is -0.962. The fraction of sp³-hybridized carbons (Fsp3) is 0.259. The van der Waals surface area contributed by atoms with Crippen LogP contribution in [0.25, 0.3) is 0 Å². The number of morpholine rings is 1. The van der Waals surface area contributed by atoms with Crippen LogP contribution in [0.3, 0.4) is 0 Å². The van der Waals surface area contributed by atoms with Crippen LogP contribution in [0.15, 0.2) is 76.6 Å². The fourth-order valence-corrected chi connectivity index (χ4v) is 6.10. The highest BCUT2D eigenvalue weighted by Gasteiger charge is 2.35. The molecule has 5 N–H and O–H groups in total. The van der Waals surface area contributed by atoms with E-state index in [9.17, 15) is 18.3 Å². The van der Waals surface area contributed by atoms with Crippen molar-refractivity contribution in [1.29, 1.82) is 0 Å². The van der Waals surface area contributed by atoms with Crippen molar-refractivity contribution >= 4 is 44.4 Å². The number of aliphatic imine (C=N–C) groups is 1. The van der Waals surface area contributed by atoms with Gasteiger partial charge in [0.1, 0.15) is 6.23 Å². The molecule has 10 nitrogen and oxygen atoms in total. The lowest BCUT2D eigenvalue weighted by atomic mass is 9.95. The predicted octanol–water partition coefficient (Wildman–Crippen LogP) is 3.16. The van der Waals surface area contributed by atoms with Gasteiger partial charge >= 0.3 is 0 Å². The van der Waals surface area contributed by atoms with Crippen molar-refractivity contribution in [1.82, 2.24) is 4.31 Å². The molecule has 2 atom stereocenters. The molecule has 198 valence electrons. The number of carbonyl (C=O) groups is 1. The monoisotopic (exact) mass is 535 g/mol. The van der Waals surface area contributed by atoms with Crippen LogP contribution in [0.5, 0.6) is 0 Å². The number of amides is 1. The van der Waals surface area contributed by atoms with E-state index in [4.69, 9.17) is 10.5 Å². The molecule has 1 fully saturated rings. The first kappa shape index (κ1) is 25.9. The van der Waals surface area contributed by atoms with E-state index in [1.54, 1.807) is 73.7 Å². The van der Waals surface area contributed by atoms with Gasteiger partial charge in [0.2, 0.25) is 10.0 Å². The first-order valence-corrected chi connectivity index (χ1v) is 13.7. The van der Waals surface area contributed by atoms with Gasteiger partial charge in [0.05, 0.1) is 41.1 Å². The van der Waals surface area contributed by atoms with Gasteiger partial charge in [-0.05, 0) is 67.1 Å². The second-order valence-electron chi connectivity index (χ2n) is 9.17. The Morgan fingerprint density at radius 2 is 1.82 bits per heavy atom. The van der Waals surface area contributed by atoms with Crippen LogP contribution in [0, 0.1) is 0 Å². The summed E-state index contributed by atoms with van der Waals surface area (Å²) in [5.74, 6) is -0.845. The van der Waals surface area contributed by atoms with Gasteiger partial charge in [-0.1, -0.05) is 12.1 Å². The number of rotatable bonds is 6. The molecule has 0 bridgehead atoms. The van der Waals surface area contributed by atoms with Crippen molar-refractivity contribution in [3.05, 3.63) is 77.9 Å². The minimum atomic E-state index is -3.69. The molecule has 2 aliphatic heterocycles. The number of nitrogens with one attached hydrogen (secondary N) is 2. The summed E-state index contributed by atoms with van der Waals surface area (Å²) in [6, 6.07) is 18.6. The Balaban J connectivity index is 1.36. The van der Waals surface area contributed by atoms with Gasteiger partial charge in [-0.3, -0.25) is 9.79 Å². The molecule has 0 aliphatic carbocycles. The number of para-hydroxylation sites is 2. The maximum absolute atomic E-state index is 13.2. The summed E-state index contributed by atoms with van der Waals surface area (Å²) in [7, 11) is -3.69. The first-order chi connectivity index (χ1) is 18.2. The van der Waals surface area contributed by atoms with Crippen molar-refractivity contribution in [2.24, 2.45) is 4.99 Å². The highest BCUT2D eigenvalue weighted by molar-refractivity contribution is 7.89. The van der Waals surface area contributed by atoms with Crippen LogP contribution in [-0.4, -0.2) is 62.0 Å². The van der Waals surface area contributed by atoms with Crippen molar-refractivity contribution in [3.63, 3.8) is 0 Å². The lowest BCUT2D eigenvalue weighted by Gasteiger charge is -2.26. The van der Waals surface area contributed by atoms with Gasteiger partial charge in [0.15, 0.2) is 0 Å². The van der Waals surface area contributed by atoms with E-state index in [2.05, 4.69) is 15.6 Å². The number of hydrogen-bond donors (Lipinski definition) is 4. The number of hydrogen-bond acceptors (Lipinski definition) is 8. The van der Waals surface area contributed by atoms with Gasteiger partial charge in [-0.25, -0.2) is 8.42 Å². The summed E-state index contributed by atoms with van der Waals surface area (Å²) in [6.45, 7) is 3.11. The Hall–Kier alpha value is -3.77. The zero-order valence-corrected chi connectivity index (χ0v) is 21.6. The Morgan fingerprint density at radius 1 is 1.11 bits per heavy atom. The SMILES string of the molecule is CC(=Nc1ccc(C(=O)Nc2ccccc2N)cc1)C1c2cc(S(=O)(=O)N3CCOCC3)ccc2NC1O. The number of nitrogens with two attached hydrogens (primary N) is 1. The molecule has 0 radical (unpaired) electrons. The average Bonchev–Trinajstić information content (AvgIpc) is 3.26. The molecular formula is C27H29N5O5S. The number of anilines is 3. The van der Waals surface area contributed by atoms with Gasteiger partial charge in [-0.15, -0.1) is 0 Å². The summed E-state index contributed by atoms with van der Waals surface area (Å²) < 4.78 is 33.0. The Labute approximate surface area is 221 Å². The van der Waals surface area contributed by atoms with Gasteiger partial charge in [-0.2, -0.15) is 4.31 Å². The standard InChI is InChI=1S/C27H29N5O5S/c1-17(29-19-8-6-18(7-9-19)26(33)31-24-5-3-2-4-22(24)28)25-21-16-20(10-11-23(21)30-27(25)34)38(35,36)32-12-14-37-15-13-32/h2-11,16,25,27,30,34H,12-15,28H2,1H3,(H,31,33). The number of nitrogen functional groups attached to an aromatic ring is 1. The van der Waals surface area contributed by atoms with E-state index in [0.29, 0.717) is 65.9 Å². The highest BCUT2D eigenvalue weighted by Crippen LogP contribution is 2.38. The zero-order chi connectivity index (χ0) is 26.9. The number of benzene rings is 3. The summed E-state index contributed by atoms with van der Waals surface area (Å²) >= 11 is 0. The van der Waals surface area contributed by atoms with Gasteiger partial charge < -0.3 is 26.2 Å². The normalized spacial score (nSPS) is 20.0. The minimum Gasteiger partial charge on any atom is -0.397 e. The van der Waals surface area contributed by atoms with Crippen LogP contribution in [-0.2, 0) is 14.8 Å². The summed E-state index contributed by atoms with van der Waals surface area (Å²) in [5, 5.41) is 16.5. The number of fused-ring (bicyclic) bond motifs is 1. The minimum absolute atomic E-state index is 0.168. The Kier molecular flexibility index (Phi) is 7.17. The number of ether oxygens (including phenoxy) is 1. The first-order valence-electron chi connectivity index (χ1n) is 12.2. The van der Waals surface area contributed by atoms with Crippen molar-refractivity contribution < 1.29 is 23.1 Å². The smallest absolute Gasteiger partial charge is 0.255 e. The zero-order valence-electron chi connectivity index (χ0n) is 20.8. The van der Waals surface area contributed by atoms with Gasteiger partial charge in [0, 0.05) is 30.1 Å². The van der Waals surface area contributed by atoms with E-state index in [-0.39, 0.29) is 10.8 Å². The van der Waals surface area contributed by atoms with Crippen LogP contribution in [0.4, 0.5) is 22.7 Å². The third-order valence-electron chi connectivity index (χ3n) is 6.68. The Bertz CT molecular complexity index is 1480. The average molecular weight is 536 g/mol. The predicted molar refractivity (Wildman–Crippen MR) is 146 cm³/mol. The summed E-state index contributed by atoms with van der Waals surface area (Å²) in [4.78, 5) is 17.4. The lowest BCUT2D eigenvalue weighted by molar-refractivity contribution is 0.0730. The van der Waals surface area contributed by atoms with Crippen LogP contribution in [0.2, 0.25) is 0 Å². The molecule has 2 aliphatic rings. The van der Waals surface area contributed by atoms with E-state index < -0.39 is 22.2 Å². The largest absolute Gasteiger partial charge is 0.397 e. The number of aliphatic hydroxyl groups is 1. The van der Waals surface area contributed by atoms with Crippen LogP contribution >= 0.6 is 0 Å². The molecule has 11 heteroatoms. The van der Waals surface area contributed by atoms with E-state index in [1.807, 2.05) is 0 Å². The molecule has 1 saturated heterocycles. The fourth-order valence-electron chi connectivity index (χ4n) is 4.66. The molecule has 2 unspecified atom stereocenters. The van der Waals surface area contributed by atoms with Gasteiger partial charge in [0.25, 0.3) is 5.91 Å². The van der Waals surface area contributed by atoms with E-state index in [1.165, 1.54) is 4.31 Å². The molecule has 3 aromatic carbocycles. The van der Waals surface area contributed by atoms with Crippen molar-refractivity contribution in [2.75, 3.05) is 42.7 Å². The second kappa shape index (κ2) is 10.5. The molecule has 0 spiro atoms. The third kappa shape index (κ3) is 5.14. The number of sulfonamides is 1. The number of nitrogens with zero attached hydrogens (tertiary/aromatic N) is 2. The molecular weight excluding hydrogens is 506 g/mol. The number of aliphatic hydroxyl groups excluding tert-OH is 1. The summed E-state index contributed by atoms with van der Waals surface area (Å²) in [5.41, 5.74) is 9.86. The van der Waals surface area contributed by atoms with E-state index >= 15 is 0 Å². The molecule has 38 heavy (non-hydrogen) atoms. The van der Waals surface area contributed by atoms with Crippen LogP contribution < -0.4 is 16.4 Å². The highest BCUT2D eigenvalue weighted by atomic mass is 32.2. The maximum atomic E-state index is 13.2. The quantitative estimate of drug-likeness (QED) is 0.280. The molecule has 3 aromatic rings. The van der Waals surface area contributed by atoms with Crippen LogP contribution in [0.1, 0.15) is 28.8 Å².